The Labute approximate surface area is 164 Å². The lowest BCUT2D eigenvalue weighted by Crippen LogP contribution is -2.38. The third kappa shape index (κ3) is 3.14. The normalized spacial score (nSPS) is 23.0. The molecule has 0 unspecified atom stereocenters. The first-order chi connectivity index (χ1) is 13.3. The molecule has 2 amide bonds. The van der Waals surface area contributed by atoms with Gasteiger partial charge in [-0.25, -0.2) is 13.2 Å². The predicted octanol–water partition coefficient (Wildman–Crippen LogP) is 2.78. The van der Waals surface area contributed by atoms with E-state index >= 15 is 0 Å². The number of nitriles is 1. The van der Waals surface area contributed by atoms with Gasteiger partial charge < -0.3 is 4.90 Å². The number of hydrogen-bond donors (Lipinski definition) is 0. The fourth-order valence-electron chi connectivity index (χ4n) is 4.16. The van der Waals surface area contributed by atoms with Crippen LogP contribution in [0.15, 0.2) is 42.5 Å². The quantitative estimate of drug-likeness (QED) is 0.749. The molecule has 2 atom stereocenters. The number of urea groups is 1. The number of hydrogen-bond acceptors (Lipinski definition) is 4. The molecule has 2 fully saturated rings. The van der Waals surface area contributed by atoms with Crippen LogP contribution in [-0.4, -0.2) is 42.9 Å². The number of sulfone groups is 1. The summed E-state index contributed by atoms with van der Waals surface area (Å²) in [4.78, 5) is 16.6. The molecule has 0 aliphatic carbocycles. The molecule has 0 N–H and O–H groups in total. The first-order valence-corrected chi connectivity index (χ1v) is 11.0. The van der Waals surface area contributed by atoms with Crippen LogP contribution in [0.2, 0.25) is 0 Å². The van der Waals surface area contributed by atoms with Gasteiger partial charge in [-0.15, -0.1) is 0 Å². The lowest BCUT2D eigenvalue weighted by atomic mass is 10.1. The van der Waals surface area contributed by atoms with Crippen molar-refractivity contribution >= 4 is 21.6 Å². The molecule has 0 radical (unpaired) electrons. The van der Waals surface area contributed by atoms with Crippen LogP contribution in [0.1, 0.15) is 22.3 Å². The van der Waals surface area contributed by atoms with E-state index < -0.39 is 15.9 Å². The molecule has 144 valence electrons. The second-order valence-electron chi connectivity index (χ2n) is 7.59. The van der Waals surface area contributed by atoms with Crippen LogP contribution in [0.4, 0.5) is 10.5 Å². The molecule has 0 saturated carbocycles. The molecule has 28 heavy (non-hydrogen) atoms. The van der Waals surface area contributed by atoms with Crippen molar-refractivity contribution in [3.63, 3.8) is 0 Å². The maximum atomic E-state index is 13.3. The van der Waals surface area contributed by atoms with Crippen molar-refractivity contribution < 1.29 is 13.2 Å². The van der Waals surface area contributed by atoms with Crippen molar-refractivity contribution in [2.24, 2.45) is 0 Å². The fraction of sp³-hybridized carbons (Fsp3) is 0.333. The maximum absolute atomic E-state index is 13.3. The summed E-state index contributed by atoms with van der Waals surface area (Å²) in [6.07, 6.45) is 0. The summed E-state index contributed by atoms with van der Waals surface area (Å²) in [6, 6.07) is 14.1. The van der Waals surface area contributed by atoms with Crippen LogP contribution in [0, 0.1) is 25.2 Å². The summed E-state index contributed by atoms with van der Waals surface area (Å²) in [5, 5.41) is 9.12. The molecule has 0 aromatic heterocycles. The molecule has 2 heterocycles. The van der Waals surface area contributed by atoms with Gasteiger partial charge in [0.1, 0.15) is 0 Å². The van der Waals surface area contributed by atoms with Gasteiger partial charge in [0.05, 0.1) is 35.2 Å². The van der Waals surface area contributed by atoms with Gasteiger partial charge in [0.25, 0.3) is 0 Å². The number of fused-ring (bicyclic) bond motifs is 1. The molecule has 6 nitrogen and oxygen atoms in total. The van der Waals surface area contributed by atoms with E-state index in [1.165, 1.54) is 0 Å². The molecule has 2 aromatic carbocycles. The zero-order chi connectivity index (χ0) is 20.1. The smallest absolute Gasteiger partial charge is 0.314 e. The van der Waals surface area contributed by atoms with Crippen LogP contribution >= 0.6 is 0 Å². The molecule has 4 rings (SSSR count). The predicted molar refractivity (Wildman–Crippen MR) is 107 cm³/mol. The molecule has 2 aromatic rings. The van der Waals surface area contributed by atoms with E-state index in [0.717, 1.165) is 22.4 Å². The zero-order valence-electron chi connectivity index (χ0n) is 15.8. The fourth-order valence-corrected chi connectivity index (χ4v) is 6.11. The number of rotatable bonds is 3. The third-order valence-electron chi connectivity index (χ3n) is 5.51. The lowest BCUT2D eigenvalue weighted by molar-refractivity contribution is 0.206. The summed E-state index contributed by atoms with van der Waals surface area (Å²) >= 11 is 0. The lowest BCUT2D eigenvalue weighted by Gasteiger charge is -2.24. The van der Waals surface area contributed by atoms with Gasteiger partial charge >= 0.3 is 6.03 Å². The monoisotopic (exact) mass is 395 g/mol. The number of carbonyl (C=O) groups is 1. The number of aryl methyl sites for hydroxylation is 2. The van der Waals surface area contributed by atoms with E-state index in [1.807, 2.05) is 38.1 Å². The van der Waals surface area contributed by atoms with Crippen molar-refractivity contribution in [3.8, 4) is 6.07 Å². The minimum absolute atomic E-state index is 0.0223. The molecule has 0 bridgehead atoms. The highest BCUT2D eigenvalue weighted by atomic mass is 32.2. The second-order valence-corrected chi connectivity index (χ2v) is 9.75. The van der Waals surface area contributed by atoms with Gasteiger partial charge in [0, 0.05) is 12.2 Å². The summed E-state index contributed by atoms with van der Waals surface area (Å²) in [5.74, 6) is -0.0474. The highest BCUT2D eigenvalue weighted by Crippen LogP contribution is 2.37. The van der Waals surface area contributed by atoms with Gasteiger partial charge in [0.15, 0.2) is 9.84 Å². The third-order valence-corrected chi connectivity index (χ3v) is 7.21. The standard InChI is InChI=1S/C21H21N3O3S/c1-14-6-7-15(2)18(8-14)24-20-13-28(26,27)12-19(20)23(21(24)25)11-17-5-3-4-16(9-17)10-22/h3-9,19-20H,11-13H2,1-2H3/t19-,20+/m0/s1. The van der Waals surface area contributed by atoms with Crippen LogP contribution in [0.5, 0.6) is 0 Å². The number of amides is 2. The molecule has 2 aliphatic rings. The first kappa shape index (κ1) is 18.5. The van der Waals surface area contributed by atoms with Gasteiger partial charge in [-0.1, -0.05) is 24.3 Å². The van der Waals surface area contributed by atoms with E-state index in [-0.39, 0.29) is 30.1 Å². The molecular weight excluding hydrogens is 374 g/mol. The summed E-state index contributed by atoms with van der Waals surface area (Å²) < 4.78 is 24.7. The SMILES string of the molecule is Cc1ccc(C)c(N2C(=O)N(Cc3cccc(C#N)c3)[C@H]3CS(=O)(=O)C[C@H]32)c1. The van der Waals surface area contributed by atoms with Gasteiger partial charge in [-0.05, 0) is 48.7 Å². The van der Waals surface area contributed by atoms with Crippen molar-refractivity contribution in [1.29, 1.82) is 5.26 Å². The Morgan fingerprint density at radius 1 is 1.11 bits per heavy atom. The summed E-state index contributed by atoms with van der Waals surface area (Å²) in [6.45, 7) is 4.17. The second kappa shape index (κ2) is 6.64. The number of nitrogens with zero attached hydrogens (tertiary/aromatic N) is 3. The van der Waals surface area contributed by atoms with Crippen molar-refractivity contribution in [2.75, 3.05) is 16.4 Å². The van der Waals surface area contributed by atoms with Crippen LogP contribution < -0.4 is 4.90 Å². The number of anilines is 1. The van der Waals surface area contributed by atoms with Crippen LogP contribution in [-0.2, 0) is 16.4 Å². The van der Waals surface area contributed by atoms with Crippen molar-refractivity contribution in [2.45, 2.75) is 32.5 Å². The largest absolute Gasteiger partial charge is 0.325 e. The highest BCUT2D eigenvalue weighted by molar-refractivity contribution is 7.91. The Hall–Kier alpha value is -2.85. The molecule has 7 heteroatoms. The van der Waals surface area contributed by atoms with Gasteiger partial charge in [0.2, 0.25) is 0 Å². The van der Waals surface area contributed by atoms with E-state index in [1.54, 1.807) is 28.0 Å². The van der Waals surface area contributed by atoms with Gasteiger partial charge in [-0.3, -0.25) is 4.90 Å². The average molecular weight is 395 g/mol. The average Bonchev–Trinajstić information content (AvgIpc) is 3.08. The van der Waals surface area contributed by atoms with Crippen LogP contribution in [0.3, 0.4) is 0 Å². The maximum Gasteiger partial charge on any atom is 0.325 e. The summed E-state index contributed by atoms with van der Waals surface area (Å²) in [5.41, 5.74) is 4.07. The molecule has 2 aliphatic heterocycles. The van der Waals surface area contributed by atoms with Gasteiger partial charge in [-0.2, -0.15) is 5.26 Å². The molecular formula is C21H21N3O3S. The van der Waals surface area contributed by atoms with E-state index in [0.29, 0.717) is 5.56 Å². The zero-order valence-corrected chi connectivity index (χ0v) is 16.6. The molecule has 2 saturated heterocycles. The van der Waals surface area contributed by atoms with E-state index in [4.69, 9.17) is 5.26 Å². The van der Waals surface area contributed by atoms with Crippen molar-refractivity contribution in [1.82, 2.24) is 4.90 Å². The van der Waals surface area contributed by atoms with E-state index in [9.17, 15) is 13.2 Å². The van der Waals surface area contributed by atoms with Crippen LogP contribution in [0.25, 0.3) is 0 Å². The first-order valence-electron chi connectivity index (χ1n) is 9.15. The van der Waals surface area contributed by atoms with E-state index in [2.05, 4.69) is 6.07 Å². The highest BCUT2D eigenvalue weighted by Gasteiger charge is 2.54. The minimum atomic E-state index is -3.22. The number of carbonyl (C=O) groups excluding carboxylic acids is 1. The Bertz CT molecular complexity index is 1100. The number of benzene rings is 2. The Morgan fingerprint density at radius 3 is 2.61 bits per heavy atom. The minimum Gasteiger partial charge on any atom is -0.314 e. The summed E-state index contributed by atoms with van der Waals surface area (Å²) in [7, 11) is -3.22. The Balaban J connectivity index is 1.74. The Morgan fingerprint density at radius 2 is 1.86 bits per heavy atom. The molecule has 0 spiro atoms. The van der Waals surface area contributed by atoms with Crippen molar-refractivity contribution in [3.05, 3.63) is 64.7 Å². The topological polar surface area (TPSA) is 81.5 Å². The Kier molecular flexibility index (Phi) is 4.39.